The molecule has 0 radical (unpaired) electrons. The largest absolute Gasteiger partial charge is 0.385 e. The van der Waals surface area contributed by atoms with Gasteiger partial charge in [-0.2, -0.15) is 0 Å². The van der Waals surface area contributed by atoms with Crippen LogP contribution in [0.2, 0.25) is 0 Å². The second-order valence-electron chi connectivity index (χ2n) is 3.88. The van der Waals surface area contributed by atoms with Crippen molar-refractivity contribution >= 4 is 0 Å². The molecule has 3 nitrogen and oxygen atoms in total. The summed E-state index contributed by atoms with van der Waals surface area (Å²) in [5.41, 5.74) is 4.30. The number of rotatable bonds is 6. The van der Waals surface area contributed by atoms with E-state index in [4.69, 9.17) is 10.6 Å². The van der Waals surface area contributed by atoms with Crippen molar-refractivity contribution in [2.45, 2.75) is 25.8 Å². The van der Waals surface area contributed by atoms with Crippen molar-refractivity contribution in [1.82, 2.24) is 5.43 Å². The number of halogens is 1. The Bertz CT molecular complexity index is 331. The number of methoxy groups -OCH3 is 1. The van der Waals surface area contributed by atoms with E-state index in [2.05, 4.69) is 5.43 Å². The second kappa shape index (κ2) is 6.58. The van der Waals surface area contributed by atoms with Crippen LogP contribution in [-0.2, 0) is 4.74 Å². The lowest BCUT2D eigenvalue weighted by atomic mass is 10.0. The summed E-state index contributed by atoms with van der Waals surface area (Å²) in [7, 11) is 1.65. The summed E-state index contributed by atoms with van der Waals surface area (Å²) in [5, 5.41) is 0. The fraction of sp³-hybridized carbons (Fsp3) is 0.500. The third kappa shape index (κ3) is 3.56. The highest BCUT2D eigenvalue weighted by Gasteiger charge is 2.13. The number of hydrazine groups is 1. The quantitative estimate of drug-likeness (QED) is 0.443. The Labute approximate surface area is 95.8 Å². The minimum absolute atomic E-state index is 0.157. The molecule has 0 amide bonds. The Morgan fingerprint density at radius 3 is 2.88 bits per heavy atom. The molecule has 0 aromatic heterocycles. The highest BCUT2D eigenvalue weighted by atomic mass is 19.1. The van der Waals surface area contributed by atoms with E-state index in [0.29, 0.717) is 12.2 Å². The van der Waals surface area contributed by atoms with Crippen molar-refractivity contribution in [3.05, 3.63) is 35.1 Å². The molecule has 0 heterocycles. The topological polar surface area (TPSA) is 47.3 Å². The number of aryl methyl sites for hydroxylation is 1. The standard InChI is InChI=1S/C12H19FN2O/c1-9-5-6-11(13)10(8-9)12(15-14)4-3-7-16-2/h5-6,8,12,15H,3-4,7,14H2,1-2H3. The van der Waals surface area contributed by atoms with Crippen LogP contribution in [-0.4, -0.2) is 13.7 Å². The van der Waals surface area contributed by atoms with Gasteiger partial charge in [0.1, 0.15) is 5.82 Å². The zero-order valence-corrected chi connectivity index (χ0v) is 9.79. The number of nitrogens with two attached hydrogens (primary N) is 1. The van der Waals surface area contributed by atoms with Crippen molar-refractivity contribution in [2.75, 3.05) is 13.7 Å². The smallest absolute Gasteiger partial charge is 0.128 e. The van der Waals surface area contributed by atoms with Gasteiger partial charge in [-0.1, -0.05) is 17.7 Å². The van der Waals surface area contributed by atoms with Crippen LogP contribution in [0.5, 0.6) is 0 Å². The van der Waals surface area contributed by atoms with Crippen molar-refractivity contribution < 1.29 is 9.13 Å². The molecular weight excluding hydrogens is 207 g/mol. The summed E-state index contributed by atoms with van der Waals surface area (Å²) >= 11 is 0. The first kappa shape index (κ1) is 13.1. The molecule has 16 heavy (non-hydrogen) atoms. The van der Waals surface area contributed by atoms with Crippen molar-refractivity contribution in [2.24, 2.45) is 5.84 Å². The first-order valence-electron chi connectivity index (χ1n) is 5.40. The molecule has 4 heteroatoms. The first-order chi connectivity index (χ1) is 7.69. The van der Waals surface area contributed by atoms with Gasteiger partial charge >= 0.3 is 0 Å². The van der Waals surface area contributed by atoms with Crippen LogP contribution in [0, 0.1) is 12.7 Å². The highest BCUT2D eigenvalue weighted by molar-refractivity contribution is 5.26. The molecule has 1 atom stereocenters. The summed E-state index contributed by atoms with van der Waals surface area (Å²) in [6.45, 7) is 2.59. The summed E-state index contributed by atoms with van der Waals surface area (Å²) in [6, 6.07) is 4.90. The fourth-order valence-corrected chi connectivity index (χ4v) is 1.69. The maximum Gasteiger partial charge on any atom is 0.128 e. The molecule has 1 aromatic rings. The normalized spacial score (nSPS) is 12.8. The number of nitrogens with one attached hydrogen (secondary N) is 1. The zero-order valence-electron chi connectivity index (χ0n) is 9.79. The van der Waals surface area contributed by atoms with Gasteiger partial charge in [0.15, 0.2) is 0 Å². The Kier molecular flexibility index (Phi) is 5.38. The minimum Gasteiger partial charge on any atom is -0.385 e. The molecule has 0 saturated heterocycles. The Balaban J connectivity index is 2.73. The van der Waals surface area contributed by atoms with E-state index in [-0.39, 0.29) is 11.9 Å². The van der Waals surface area contributed by atoms with Crippen LogP contribution in [0.3, 0.4) is 0 Å². The van der Waals surface area contributed by atoms with Crippen LogP contribution >= 0.6 is 0 Å². The summed E-state index contributed by atoms with van der Waals surface area (Å²) in [5.74, 6) is 5.23. The molecule has 1 aromatic carbocycles. The van der Waals surface area contributed by atoms with Gasteiger partial charge in [0, 0.05) is 25.3 Å². The van der Waals surface area contributed by atoms with Crippen LogP contribution in [0.4, 0.5) is 4.39 Å². The van der Waals surface area contributed by atoms with Gasteiger partial charge < -0.3 is 4.74 Å². The van der Waals surface area contributed by atoms with Crippen molar-refractivity contribution in [3.63, 3.8) is 0 Å². The third-order valence-corrected chi connectivity index (χ3v) is 2.57. The molecule has 90 valence electrons. The molecule has 0 fully saturated rings. The molecule has 0 aliphatic heterocycles. The maximum atomic E-state index is 13.6. The average molecular weight is 226 g/mol. The fourth-order valence-electron chi connectivity index (χ4n) is 1.69. The lowest BCUT2D eigenvalue weighted by Gasteiger charge is -2.17. The Hall–Kier alpha value is -0.970. The molecule has 3 N–H and O–H groups in total. The van der Waals surface area contributed by atoms with Gasteiger partial charge in [-0.25, -0.2) is 4.39 Å². The van der Waals surface area contributed by atoms with Crippen LogP contribution < -0.4 is 11.3 Å². The Morgan fingerprint density at radius 2 is 2.25 bits per heavy atom. The molecule has 0 bridgehead atoms. The summed E-state index contributed by atoms with van der Waals surface area (Å²) in [6.07, 6.45) is 1.60. The molecule has 0 aliphatic rings. The van der Waals surface area contributed by atoms with Gasteiger partial charge in [-0.15, -0.1) is 0 Å². The van der Waals surface area contributed by atoms with E-state index < -0.39 is 0 Å². The second-order valence-corrected chi connectivity index (χ2v) is 3.88. The Morgan fingerprint density at radius 1 is 1.50 bits per heavy atom. The minimum atomic E-state index is -0.217. The predicted octanol–water partition coefficient (Wildman–Crippen LogP) is 2.07. The van der Waals surface area contributed by atoms with E-state index in [1.54, 1.807) is 13.2 Å². The van der Waals surface area contributed by atoms with Gasteiger partial charge in [-0.3, -0.25) is 11.3 Å². The van der Waals surface area contributed by atoms with Crippen LogP contribution in [0.15, 0.2) is 18.2 Å². The number of hydrogen-bond donors (Lipinski definition) is 2. The average Bonchev–Trinajstić information content (AvgIpc) is 2.28. The van der Waals surface area contributed by atoms with E-state index in [1.165, 1.54) is 6.07 Å². The number of hydrogen-bond acceptors (Lipinski definition) is 3. The van der Waals surface area contributed by atoms with E-state index in [0.717, 1.165) is 18.4 Å². The monoisotopic (exact) mass is 226 g/mol. The van der Waals surface area contributed by atoms with E-state index in [1.807, 2.05) is 13.0 Å². The molecular formula is C12H19FN2O. The predicted molar refractivity (Wildman–Crippen MR) is 62.3 cm³/mol. The number of benzene rings is 1. The zero-order chi connectivity index (χ0) is 12.0. The molecule has 1 rings (SSSR count). The SMILES string of the molecule is COCCCC(NN)c1cc(C)ccc1F. The third-order valence-electron chi connectivity index (χ3n) is 2.57. The van der Waals surface area contributed by atoms with Crippen molar-refractivity contribution in [1.29, 1.82) is 0 Å². The lowest BCUT2D eigenvalue weighted by molar-refractivity contribution is 0.188. The highest BCUT2D eigenvalue weighted by Crippen LogP contribution is 2.21. The van der Waals surface area contributed by atoms with Gasteiger partial charge in [0.25, 0.3) is 0 Å². The number of ether oxygens (including phenoxy) is 1. The maximum absolute atomic E-state index is 13.6. The van der Waals surface area contributed by atoms with E-state index >= 15 is 0 Å². The van der Waals surface area contributed by atoms with Gasteiger partial charge in [0.05, 0.1) is 0 Å². The molecule has 0 spiro atoms. The molecule has 0 saturated carbocycles. The van der Waals surface area contributed by atoms with Gasteiger partial charge in [-0.05, 0) is 25.8 Å². The van der Waals surface area contributed by atoms with E-state index in [9.17, 15) is 4.39 Å². The van der Waals surface area contributed by atoms with Gasteiger partial charge in [0.2, 0.25) is 0 Å². The van der Waals surface area contributed by atoms with Crippen LogP contribution in [0.1, 0.15) is 30.0 Å². The molecule has 0 aliphatic carbocycles. The lowest BCUT2D eigenvalue weighted by Crippen LogP contribution is -2.29. The molecule has 1 unspecified atom stereocenters. The van der Waals surface area contributed by atoms with Crippen molar-refractivity contribution in [3.8, 4) is 0 Å². The summed E-state index contributed by atoms with van der Waals surface area (Å²) < 4.78 is 18.6. The first-order valence-corrected chi connectivity index (χ1v) is 5.40. The van der Waals surface area contributed by atoms with Crippen LogP contribution in [0.25, 0.3) is 0 Å². The summed E-state index contributed by atoms with van der Waals surface area (Å²) in [4.78, 5) is 0.